The molecule has 0 unspecified atom stereocenters. The number of para-hydroxylation sites is 1. The van der Waals surface area contributed by atoms with Crippen molar-refractivity contribution in [2.24, 2.45) is 0 Å². The van der Waals surface area contributed by atoms with Crippen LogP contribution < -0.4 is 15.5 Å². The second-order valence-electron chi connectivity index (χ2n) is 9.93. The van der Waals surface area contributed by atoms with Crippen LogP contribution in [0.2, 0.25) is 0 Å². The SMILES string of the molecule is CN1CCN(C2CCN(c3ccc(Nc4ncc5c(n4)-c4ccccc4NC(=O)C5)cn3)CC2)CC1. The van der Waals surface area contributed by atoms with Gasteiger partial charge in [-0.15, -0.1) is 0 Å². The number of benzene rings is 1. The number of hydrogen-bond acceptors (Lipinski definition) is 8. The smallest absolute Gasteiger partial charge is 0.228 e. The highest BCUT2D eigenvalue weighted by Gasteiger charge is 2.27. The number of hydrogen-bond donors (Lipinski definition) is 2. The molecule has 3 aliphatic heterocycles. The van der Waals surface area contributed by atoms with Crippen molar-refractivity contribution in [3.05, 3.63) is 54.4 Å². The van der Waals surface area contributed by atoms with Crippen LogP contribution >= 0.6 is 0 Å². The second kappa shape index (κ2) is 9.83. The monoisotopic (exact) mass is 484 g/mol. The Bertz CT molecular complexity index is 1230. The molecule has 186 valence electrons. The van der Waals surface area contributed by atoms with E-state index in [0.717, 1.165) is 47.1 Å². The maximum absolute atomic E-state index is 12.3. The van der Waals surface area contributed by atoms with Crippen LogP contribution in [0.5, 0.6) is 0 Å². The van der Waals surface area contributed by atoms with Gasteiger partial charge in [0.2, 0.25) is 11.9 Å². The van der Waals surface area contributed by atoms with E-state index in [9.17, 15) is 4.79 Å². The molecule has 3 aromatic rings. The lowest BCUT2D eigenvalue weighted by atomic mass is 10.0. The number of carbonyl (C=O) groups is 1. The molecule has 0 radical (unpaired) electrons. The number of amides is 1. The number of carbonyl (C=O) groups excluding carboxylic acids is 1. The van der Waals surface area contributed by atoms with E-state index in [2.05, 4.69) is 43.4 Å². The quantitative estimate of drug-likeness (QED) is 0.584. The van der Waals surface area contributed by atoms with Crippen LogP contribution in [-0.2, 0) is 11.2 Å². The summed E-state index contributed by atoms with van der Waals surface area (Å²) in [5.41, 5.74) is 4.10. The fraction of sp³-hybridized carbons (Fsp3) is 0.407. The summed E-state index contributed by atoms with van der Waals surface area (Å²) in [4.78, 5) is 33.7. The fourth-order valence-electron chi connectivity index (χ4n) is 5.42. The molecule has 0 aliphatic carbocycles. The molecule has 2 saturated heterocycles. The molecular weight excluding hydrogens is 452 g/mol. The van der Waals surface area contributed by atoms with E-state index in [1.54, 1.807) is 6.20 Å². The minimum absolute atomic E-state index is 0.0575. The van der Waals surface area contributed by atoms with Gasteiger partial charge in [0, 0.05) is 62.6 Å². The molecule has 9 heteroatoms. The van der Waals surface area contributed by atoms with Crippen molar-refractivity contribution in [1.82, 2.24) is 24.8 Å². The van der Waals surface area contributed by atoms with Crippen molar-refractivity contribution < 1.29 is 4.79 Å². The molecule has 0 spiro atoms. The molecule has 1 aromatic carbocycles. The first kappa shape index (κ1) is 22.9. The topological polar surface area (TPSA) is 89.5 Å². The molecule has 2 fully saturated rings. The van der Waals surface area contributed by atoms with Gasteiger partial charge in [-0.25, -0.2) is 15.0 Å². The van der Waals surface area contributed by atoms with Crippen LogP contribution in [0.4, 0.5) is 23.1 Å². The van der Waals surface area contributed by atoms with E-state index in [1.165, 1.54) is 39.0 Å². The van der Waals surface area contributed by atoms with Crippen molar-refractivity contribution in [3.63, 3.8) is 0 Å². The lowest BCUT2D eigenvalue weighted by Crippen LogP contribution is -2.52. The number of piperidine rings is 1. The Labute approximate surface area is 211 Å². The average molecular weight is 485 g/mol. The van der Waals surface area contributed by atoms with E-state index in [1.807, 2.05) is 36.5 Å². The van der Waals surface area contributed by atoms with Crippen LogP contribution in [0.25, 0.3) is 11.3 Å². The molecule has 9 nitrogen and oxygen atoms in total. The molecule has 0 atom stereocenters. The summed E-state index contributed by atoms with van der Waals surface area (Å²) >= 11 is 0. The molecule has 6 rings (SSSR count). The Hall–Kier alpha value is -3.56. The first-order valence-corrected chi connectivity index (χ1v) is 12.8. The predicted molar refractivity (Wildman–Crippen MR) is 142 cm³/mol. The lowest BCUT2D eigenvalue weighted by molar-refractivity contribution is -0.115. The van der Waals surface area contributed by atoms with Crippen molar-refractivity contribution in [3.8, 4) is 11.3 Å². The third-order valence-corrected chi connectivity index (χ3v) is 7.52. The van der Waals surface area contributed by atoms with Gasteiger partial charge in [0.25, 0.3) is 0 Å². The van der Waals surface area contributed by atoms with Gasteiger partial charge in [-0.1, -0.05) is 18.2 Å². The summed E-state index contributed by atoms with van der Waals surface area (Å²) < 4.78 is 0. The number of aromatic nitrogens is 3. The number of anilines is 4. The van der Waals surface area contributed by atoms with Crippen molar-refractivity contribution in [1.29, 1.82) is 0 Å². The second-order valence-corrected chi connectivity index (χ2v) is 9.93. The van der Waals surface area contributed by atoms with Crippen molar-refractivity contribution >= 4 is 29.0 Å². The fourth-order valence-corrected chi connectivity index (χ4v) is 5.42. The average Bonchev–Trinajstić information content (AvgIpc) is 3.05. The Morgan fingerprint density at radius 3 is 2.53 bits per heavy atom. The third-order valence-electron chi connectivity index (χ3n) is 7.52. The summed E-state index contributed by atoms with van der Waals surface area (Å²) in [6, 6.07) is 12.5. The van der Waals surface area contributed by atoms with Gasteiger partial charge < -0.3 is 20.4 Å². The third kappa shape index (κ3) is 4.76. The Morgan fingerprint density at radius 1 is 0.944 bits per heavy atom. The van der Waals surface area contributed by atoms with Crippen LogP contribution in [-0.4, -0.2) is 83.0 Å². The van der Waals surface area contributed by atoms with Gasteiger partial charge >= 0.3 is 0 Å². The van der Waals surface area contributed by atoms with Gasteiger partial charge in [0.05, 0.1) is 29.7 Å². The number of likely N-dealkylation sites (N-methyl/N-ethyl adjacent to an activating group) is 1. The molecule has 2 aromatic heterocycles. The summed E-state index contributed by atoms with van der Waals surface area (Å²) in [6.45, 7) is 6.79. The Kier molecular flexibility index (Phi) is 6.25. The number of pyridine rings is 1. The van der Waals surface area contributed by atoms with E-state index in [0.29, 0.717) is 12.0 Å². The Morgan fingerprint density at radius 2 is 1.75 bits per heavy atom. The van der Waals surface area contributed by atoms with Crippen LogP contribution in [0, 0.1) is 0 Å². The van der Waals surface area contributed by atoms with Crippen molar-refractivity contribution in [2.75, 3.05) is 61.8 Å². The Balaban J connectivity index is 1.11. The van der Waals surface area contributed by atoms with Gasteiger partial charge in [-0.3, -0.25) is 9.69 Å². The standard InChI is InChI=1S/C27H32N8O/c1-33-12-14-34(15-13-33)21-8-10-35(11-9-21)24-7-6-20(18-28-24)30-27-29-17-19-16-25(36)31-23-5-3-2-4-22(23)26(19)32-27/h2-7,17-18,21H,8-16H2,1H3,(H,31,36)(H,29,30,32). The highest BCUT2D eigenvalue weighted by atomic mass is 16.1. The highest BCUT2D eigenvalue weighted by molar-refractivity contribution is 5.99. The molecule has 1 amide bonds. The molecular formula is C27H32N8O. The van der Waals surface area contributed by atoms with E-state index < -0.39 is 0 Å². The van der Waals surface area contributed by atoms with E-state index in [-0.39, 0.29) is 12.3 Å². The highest BCUT2D eigenvalue weighted by Crippen LogP contribution is 2.33. The van der Waals surface area contributed by atoms with Crippen LogP contribution in [0.15, 0.2) is 48.8 Å². The molecule has 5 heterocycles. The minimum atomic E-state index is -0.0575. The maximum Gasteiger partial charge on any atom is 0.228 e. The molecule has 2 N–H and O–H groups in total. The zero-order valence-corrected chi connectivity index (χ0v) is 20.7. The van der Waals surface area contributed by atoms with E-state index >= 15 is 0 Å². The van der Waals surface area contributed by atoms with Crippen LogP contribution in [0.3, 0.4) is 0 Å². The zero-order valence-electron chi connectivity index (χ0n) is 20.7. The van der Waals surface area contributed by atoms with Gasteiger partial charge in [0.1, 0.15) is 5.82 Å². The van der Waals surface area contributed by atoms with E-state index in [4.69, 9.17) is 9.97 Å². The minimum Gasteiger partial charge on any atom is -0.357 e. The lowest BCUT2D eigenvalue weighted by Gasteiger charge is -2.42. The van der Waals surface area contributed by atoms with Gasteiger partial charge in [-0.2, -0.15) is 0 Å². The summed E-state index contributed by atoms with van der Waals surface area (Å²) in [5.74, 6) is 1.44. The first-order chi connectivity index (χ1) is 17.6. The summed E-state index contributed by atoms with van der Waals surface area (Å²) in [7, 11) is 2.21. The van der Waals surface area contributed by atoms with Gasteiger partial charge in [-0.05, 0) is 38.1 Å². The zero-order chi connectivity index (χ0) is 24.5. The predicted octanol–water partition coefficient (Wildman–Crippen LogP) is 2.99. The molecule has 0 bridgehead atoms. The maximum atomic E-state index is 12.3. The number of fused-ring (bicyclic) bond motifs is 3. The molecule has 3 aliphatic rings. The number of nitrogens with zero attached hydrogens (tertiary/aromatic N) is 6. The first-order valence-electron chi connectivity index (χ1n) is 12.8. The summed E-state index contributed by atoms with van der Waals surface area (Å²) in [6.07, 6.45) is 6.21. The molecule has 0 saturated carbocycles. The largest absolute Gasteiger partial charge is 0.357 e. The number of piperazine rings is 1. The number of nitrogens with one attached hydrogen (secondary N) is 2. The van der Waals surface area contributed by atoms with Gasteiger partial charge in [0.15, 0.2) is 0 Å². The van der Waals surface area contributed by atoms with Crippen LogP contribution in [0.1, 0.15) is 18.4 Å². The summed E-state index contributed by atoms with van der Waals surface area (Å²) in [5, 5.41) is 6.23. The number of rotatable bonds is 4. The molecule has 36 heavy (non-hydrogen) atoms. The van der Waals surface area contributed by atoms with Crippen molar-refractivity contribution in [2.45, 2.75) is 25.3 Å². The normalized spacial score (nSPS) is 19.2.